The van der Waals surface area contributed by atoms with Crippen LogP contribution in [-0.4, -0.2) is 28.7 Å². The molecule has 2 aromatic carbocycles. The highest BCUT2D eigenvalue weighted by Gasteiger charge is 2.05. The van der Waals surface area contributed by atoms with Crippen LogP contribution in [0, 0.1) is 0 Å². The molecule has 2 N–H and O–H groups in total. The number of hydrogen-bond donors (Lipinski definition) is 2. The number of hydrogen-bond acceptors (Lipinski definition) is 4. The SMILES string of the molecule is COc1cccc(CNC(=O)CSCc2nc3ccccc3[nH]2)c1. The van der Waals surface area contributed by atoms with Crippen molar-refractivity contribution in [3.8, 4) is 5.75 Å². The molecule has 3 rings (SSSR count). The molecule has 0 fully saturated rings. The van der Waals surface area contributed by atoms with Crippen molar-refractivity contribution in [2.24, 2.45) is 0 Å². The van der Waals surface area contributed by atoms with Gasteiger partial charge in [-0.2, -0.15) is 0 Å². The van der Waals surface area contributed by atoms with Gasteiger partial charge in [0, 0.05) is 6.54 Å². The van der Waals surface area contributed by atoms with E-state index in [1.165, 1.54) is 0 Å². The maximum Gasteiger partial charge on any atom is 0.230 e. The fourth-order valence-electron chi connectivity index (χ4n) is 2.35. The molecule has 0 spiro atoms. The van der Waals surface area contributed by atoms with E-state index in [2.05, 4.69) is 15.3 Å². The standard InChI is InChI=1S/C18H19N3O2S/c1-23-14-6-4-5-13(9-14)10-19-18(22)12-24-11-17-20-15-7-2-3-8-16(15)21-17/h2-9H,10-12H2,1H3,(H,19,22)(H,20,21). The van der Waals surface area contributed by atoms with Crippen LogP contribution in [0.5, 0.6) is 5.75 Å². The van der Waals surface area contributed by atoms with E-state index in [0.717, 1.165) is 28.2 Å². The van der Waals surface area contributed by atoms with Gasteiger partial charge in [0.1, 0.15) is 11.6 Å². The first-order valence-electron chi connectivity index (χ1n) is 7.65. The highest BCUT2D eigenvalue weighted by atomic mass is 32.2. The summed E-state index contributed by atoms with van der Waals surface area (Å²) in [5.74, 6) is 2.78. The summed E-state index contributed by atoms with van der Waals surface area (Å²) in [5, 5.41) is 2.92. The highest BCUT2D eigenvalue weighted by Crippen LogP contribution is 2.15. The smallest absolute Gasteiger partial charge is 0.230 e. The van der Waals surface area contributed by atoms with Gasteiger partial charge in [-0.25, -0.2) is 4.98 Å². The molecule has 0 saturated carbocycles. The lowest BCUT2D eigenvalue weighted by Gasteiger charge is -2.06. The Morgan fingerprint density at radius 1 is 1.25 bits per heavy atom. The van der Waals surface area contributed by atoms with Gasteiger partial charge in [-0.05, 0) is 29.8 Å². The second-order valence-electron chi connectivity index (χ2n) is 5.32. The number of thioether (sulfide) groups is 1. The Hall–Kier alpha value is -2.47. The number of methoxy groups -OCH3 is 1. The first-order valence-corrected chi connectivity index (χ1v) is 8.81. The molecule has 0 aliphatic heterocycles. The van der Waals surface area contributed by atoms with Gasteiger partial charge in [0.15, 0.2) is 0 Å². The van der Waals surface area contributed by atoms with E-state index in [1.807, 2.05) is 48.5 Å². The zero-order chi connectivity index (χ0) is 16.8. The molecule has 124 valence electrons. The van der Waals surface area contributed by atoms with E-state index < -0.39 is 0 Å². The third-order valence-electron chi connectivity index (χ3n) is 3.53. The number of imidazole rings is 1. The fourth-order valence-corrected chi connectivity index (χ4v) is 3.07. The quantitative estimate of drug-likeness (QED) is 0.693. The average Bonchev–Trinajstić information content (AvgIpc) is 3.03. The van der Waals surface area contributed by atoms with Gasteiger partial charge in [-0.15, -0.1) is 11.8 Å². The van der Waals surface area contributed by atoms with Crippen LogP contribution < -0.4 is 10.1 Å². The van der Waals surface area contributed by atoms with Crippen molar-refractivity contribution < 1.29 is 9.53 Å². The molecular weight excluding hydrogens is 322 g/mol. The van der Waals surface area contributed by atoms with Crippen molar-refractivity contribution in [3.05, 3.63) is 59.9 Å². The van der Waals surface area contributed by atoms with Crippen LogP contribution >= 0.6 is 11.8 Å². The number of nitrogens with zero attached hydrogens (tertiary/aromatic N) is 1. The van der Waals surface area contributed by atoms with Gasteiger partial charge in [0.25, 0.3) is 0 Å². The highest BCUT2D eigenvalue weighted by molar-refractivity contribution is 7.99. The number of H-pyrrole nitrogens is 1. The van der Waals surface area contributed by atoms with Crippen molar-refractivity contribution in [1.82, 2.24) is 15.3 Å². The predicted molar refractivity (Wildman–Crippen MR) is 97.1 cm³/mol. The van der Waals surface area contributed by atoms with Crippen LogP contribution in [0.15, 0.2) is 48.5 Å². The van der Waals surface area contributed by atoms with Crippen LogP contribution in [0.3, 0.4) is 0 Å². The number of carbonyl (C=O) groups excluding carboxylic acids is 1. The summed E-state index contributed by atoms with van der Waals surface area (Å²) < 4.78 is 5.17. The minimum atomic E-state index is 0.0129. The minimum Gasteiger partial charge on any atom is -0.497 e. The van der Waals surface area contributed by atoms with Crippen molar-refractivity contribution in [2.75, 3.05) is 12.9 Å². The van der Waals surface area contributed by atoms with Crippen LogP contribution in [-0.2, 0) is 17.1 Å². The molecule has 0 bridgehead atoms. The number of aromatic amines is 1. The number of nitrogens with one attached hydrogen (secondary N) is 2. The minimum absolute atomic E-state index is 0.0129. The summed E-state index contributed by atoms with van der Waals surface area (Å²) in [7, 11) is 1.63. The van der Waals surface area contributed by atoms with Crippen LogP contribution in [0.1, 0.15) is 11.4 Å². The molecule has 1 aromatic heterocycles. The van der Waals surface area contributed by atoms with Gasteiger partial charge in [-0.1, -0.05) is 24.3 Å². The van der Waals surface area contributed by atoms with Crippen LogP contribution in [0.2, 0.25) is 0 Å². The third kappa shape index (κ3) is 4.29. The Morgan fingerprint density at radius 3 is 2.96 bits per heavy atom. The van der Waals surface area contributed by atoms with E-state index in [1.54, 1.807) is 18.9 Å². The summed E-state index contributed by atoms with van der Waals surface area (Å²) in [4.78, 5) is 19.7. The second-order valence-corrected chi connectivity index (χ2v) is 6.31. The molecule has 1 heterocycles. The molecule has 0 aliphatic rings. The summed E-state index contributed by atoms with van der Waals surface area (Å²) >= 11 is 1.54. The Kier molecular flexibility index (Phi) is 5.38. The number of rotatable bonds is 7. The van der Waals surface area contributed by atoms with Gasteiger partial charge in [0.2, 0.25) is 5.91 Å². The van der Waals surface area contributed by atoms with Crippen LogP contribution in [0.4, 0.5) is 0 Å². The van der Waals surface area contributed by atoms with Gasteiger partial charge >= 0.3 is 0 Å². The lowest BCUT2D eigenvalue weighted by atomic mass is 10.2. The summed E-state index contributed by atoms with van der Waals surface area (Å²) in [6, 6.07) is 15.6. The van der Waals surface area contributed by atoms with E-state index >= 15 is 0 Å². The Bertz CT molecular complexity index is 799. The molecule has 0 unspecified atom stereocenters. The zero-order valence-electron chi connectivity index (χ0n) is 13.4. The number of benzene rings is 2. The molecule has 5 nitrogen and oxygen atoms in total. The van der Waals surface area contributed by atoms with E-state index in [0.29, 0.717) is 18.1 Å². The number of para-hydroxylation sites is 2. The van der Waals surface area contributed by atoms with E-state index in [-0.39, 0.29) is 5.91 Å². The molecule has 0 aliphatic carbocycles. The summed E-state index contributed by atoms with van der Waals surface area (Å²) in [6.45, 7) is 0.501. The van der Waals surface area contributed by atoms with Crippen molar-refractivity contribution in [3.63, 3.8) is 0 Å². The third-order valence-corrected chi connectivity index (χ3v) is 4.48. The number of fused-ring (bicyclic) bond motifs is 1. The molecule has 0 atom stereocenters. The lowest BCUT2D eigenvalue weighted by Crippen LogP contribution is -2.24. The number of amides is 1. The molecule has 6 heteroatoms. The van der Waals surface area contributed by atoms with Crippen molar-refractivity contribution in [2.45, 2.75) is 12.3 Å². The molecular formula is C18H19N3O2S. The largest absolute Gasteiger partial charge is 0.497 e. The first-order chi connectivity index (χ1) is 11.7. The Morgan fingerprint density at radius 2 is 2.12 bits per heavy atom. The molecule has 0 saturated heterocycles. The number of ether oxygens (including phenoxy) is 1. The molecule has 24 heavy (non-hydrogen) atoms. The molecule has 1 amide bonds. The zero-order valence-corrected chi connectivity index (χ0v) is 14.2. The molecule has 3 aromatic rings. The average molecular weight is 341 g/mol. The van der Waals surface area contributed by atoms with Crippen molar-refractivity contribution >= 4 is 28.7 Å². The summed E-state index contributed by atoms with van der Waals surface area (Å²) in [5.41, 5.74) is 3.00. The van der Waals surface area contributed by atoms with E-state index in [9.17, 15) is 4.79 Å². The topological polar surface area (TPSA) is 67.0 Å². The second kappa shape index (κ2) is 7.88. The summed E-state index contributed by atoms with van der Waals surface area (Å²) in [6.07, 6.45) is 0. The Labute approximate surface area is 144 Å². The van der Waals surface area contributed by atoms with Crippen LogP contribution in [0.25, 0.3) is 11.0 Å². The van der Waals surface area contributed by atoms with Gasteiger partial charge in [-0.3, -0.25) is 4.79 Å². The Balaban J connectivity index is 1.43. The maximum atomic E-state index is 11.9. The number of carbonyl (C=O) groups is 1. The van der Waals surface area contributed by atoms with E-state index in [4.69, 9.17) is 4.74 Å². The van der Waals surface area contributed by atoms with Gasteiger partial charge < -0.3 is 15.0 Å². The lowest BCUT2D eigenvalue weighted by molar-refractivity contribution is -0.118. The van der Waals surface area contributed by atoms with Crippen molar-refractivity contribution in [1.29, 1.82) is 0 Å². The monoisotopic (exact) mass is 341 g/mol. The maximum absolute atomic E-state index is 11.9. The predicted octanol–water partition coefficient (Wildman–Crippen LogP) is 3.12. The number of aromatic nitrogens is 2. The molecule has 0 radical (unpaired) electrons. The normalized spacial score (nSPS) is 10.7. The fraction of sp³-hybridized carbons (Fsp3) is 0.222. The first kappa shape index (κ1) is 16.4. The van der Waals surface area contributed by atoms with Gasteiger partial charge in [0.05, 0.1) is 29.6 Å².